The number of nitrogens with one attached hydrogen (secondary N) is 2. The van der Waals surface area contributed by atoms with Crippen molar-refractivity contribution < 1.29 is 9.53 Å². The largest absolute Gasteiger partial charge is 0.453 e. The summed E-state index contributed by atoms with van der Waals surface area (Å²) >= 11 is 0. The van der Waals surface area contributed by atoms with E-state index < -0.39 is 6.09 Å². The molecule has 0 unspecified atom stereocenters. The van der Waals surface area contributed by atoms with Gasteiger partial charge in [-0.15, -0.1) is 12.4 Å². The SMILES string of the molecule is COC(=O)Nc1cccc2c1CNCC2.Cl. The number of carbonyl (C=O) groups excluding carboxylic acids is 1. The first-order chi connectivity index (χ1) is 7.31. The van der Waals surface area contributed by atoms with Crippen LogP contribution in [0.3, 0.4) is 0 Å². The highest BCUT2D eigenvalue weighted by Gasteiger charge is 2.13. The van der Waals surface area contributed by atoms with Crippen molar-refractivity contribution in [2.75, 3.05) is 19.0 Å². The second kappa shape index (κ2) is 5.72. The molecule has 0 aliphatic carbocycles. The summed E-state index contributed by atoms with van der Waals surface area (Å²) in [5.41, 5.74) is 3.29. The Hall–Kier alpha value is -1.26. The van der Waals surface area contributed by atoms with Crippen molar-refractivity contribution in [3.63, 3.8) is 0 Å². The molecule has 0 spiro atoms. The van der Waals surface area contributed by atoms with Crippen LogP contribution >= 0.6 is 12.4 Å². The summed E-state index contributed by atoms with van der Waals surface area (Å²) in [4.78, 5) is 11.1. The number of fused-ring (bicyclic) bond motifs is 1. The third-order valence-corrected chi connectivity index (χ3v) is 2.57. The number of anilines is 1. The molecule has 16 heavy (non-hydrogen) atoms. The molecule has 1 amide bonds. The van der Waals surface area contributed by atoms with Crippen molar-refractivity contribution >= 4 is 24.2 Å². The first kappa shape index (κ1) is 12.8. The molecular weight excluding hydrogens is 228 g/mol. The van der Waals surface area contributed by atoms with Crippen LogP contribution in [0.15, 0.2) is 18.2 Å². The molecule has 88 valence electrons. The predicted molar refractivity (Wildman–Crippen MR) is 65.1 cm³/mol. The van der Waals surface area contributed by atoms with Crippen molar-refractivity contribution in [1.29, 1.82) is 0 Å². The van der Waals surface area contributed by atoms with Gasteiger partial charge in [0.15, 0.2) is 0 Å². The number of carbonyl (C=O) groups is 1. The van der Waals surface area contributed by atoms with Crippen LogP contribution in [0.2, 0.25) is 0 Å². The number of hydrogen-bond acceptors (Lipinski definition) is 3. The van der Waals surface area contributed by atoms with Crippen LogP contribution in [0.25, 0.3) is 0 Å². The molecule has 0 bridgehead atoms. The molecule has 2 rings (SSSR count). The van der Waals surface area contributed by atoms with Gasteiger partial charge >= 0.3 is 6.09 Å². The second-order valence-electron chi connectivity index (χ2n) is 3.49. The molecule has 0 fully saturated rings. The van der Waals surface area contributed by atoms with E-state index in [4.69, 9.17) is 0 Å². The van der Waals surface area contributed by atoms with Gasteiger partial charge in [-0.3, -0.25) is 5.32 Å². The molecule has 0 saturated carbocycles. The van der Waals surface area contributed by atoms with Crippen molar-refractivity contribution in [2.45, 2.75) is 13.0 Å². The van der Waals surface area contributed by atoms with Crippen LogP contribution in [-0.2, 0) is 17.7 Å². The fourth-order valence-corrected chi connectivity index (χ4v) is 1.79. The molecule has 0 atom stereocenters. The number of hydrogen-bond donors (Lipinski definition) is 2. The van der Waals surface area contributed by atoms with Gasteiger partial charge in [0.2, 0.25) is 0 Å². The number of methoxy groups -OCH3 is 1. The number of amides is 1. The molecule has 2 N–H and O–H groups in total. The fourth-order valence-electron chi connectivity index (χ4n) is 1.79. The highest BCUT2D eigenvalue weighted by atomic mass is 35.5. The summed E-state index contributed by atoms with van der Waals surface area (Å²) in [5.74, 6) is 0. The Morgan fingerprint density at radius 3 is 3.06 bits per heavy atom. The molecular formula is C11H15ClN2O2. The van der Waals surface area contributed by atoms with Crippen LogP contribution in [0.5, 0.6) is 0 Å². The van der Waals surface area contributed by atoms with Crippen molar-refractivity contribution in [3.05, 3.63) is 29.3 Å². The smallest absolute Gasteiger partial charge is 0.411 e. The zero-order valence-corrected chi connectivity index (χ0v) is 9.89. The lowest BCUT2D eigenvalue weighted by Gasteiger charge is -2.20. The number of rotatable bonds is 1. The van der Waals surface area contributed by atoms with E-state index in [9.17, 15) is 4.79 Å². The summed E-state index contributed by atoms with van der Waals surface area (Å²) < 4.78 is 4.57. The Morgan fingerprint density at radius 1 is 1.50 bits per heavy atom. The zero-order chi connectivity index (χ0) is 10.7. The van der Waals surface area contributed by atoms with Crippen LogP contribution in [0, 0.1) is 0 Å². The average molecular weight is 243 g/mol. The van der Waals surface area contributed by atoms with Crippen molar-refractivity contribution in [2.24, 2.45) is 0 Å². The maximum Gasteiger partial charge on any atom is 0.411 e. The molecule has 0 radical (unpaired) electrons. The monoisotopic (exact) mass is 242 g/mol. The lowest BCUT2D eigenvalue weighted by Crippen LogP contribution is -2.25. The first-order valence-corrected chi connectivity index (χ1v) is 4.97. The molecule has 1 aromatic rings. The molecule has 5 heteroatoms. The highest BCUT2D eigenvalue weighted by molar-refractivity contribution is 5.86. The van der Waals surface area contributed by atoms with Gasteiger partial charge in [-0.25, -0.2) is 4.79 Å². The van der Waals surface area contributed by atoms with Gasteiger partial charge in [0.1, 0.15) is 0 Å². The number of benzene rings is 1. The maximum atomic E-state index is 11.1. The lowest BCUT2D eigenvalue weighted by molar-refractivity contribution is 0.187. The van der Waals surface area contributed by atoms with Gasteiger partial charge < -0.3 is 10.1 Å². The van der Waals surface area contributed by atoms with E-state index >= 15 is 0 Å². The molecule has 1 heterocycles. The predicted octanol–water partition coefficient (Wildman–Crippen LogP) is 1.93. The molecule has 0 saturated heterocycles. The minimum absolute atomic E-state index is 0. The van der Waals surface area contributed by atoms with Crippen LogP contribution in [-0.4, -0.2) is 19.7 Å². The van der Waals surface area contributed by atoms with Crippen molar-refractivity contribution in [1.82, 2.24) is 5.32 Å². The zero-order valence-electron chi connectivity index (χ0n) is 9.08. The average Bonchev–Trinajstić information content (AvgIpc) is 2.29. The van der Waals surface area contributed by atoms with E-state index in [2.05, 4.69) is 21.4 Å². The summed E-state index contributed by atoms with van der Waals surface area (Å²) in [6, 6.07) is 5.94. The van der Waals surface area contributed by atoms with Crippen LogP contribution < -0.4 is 10.6 Å². The Kier molecular flexibility index (Phi) is 4.58. The van der Waals surface area contributed by atoms with Gasteiger partial charge in [0.05, 0.1) is 7.11 Å². The highest BCUT2D eigenvalue weighted by Crippen LogP contribution is 2.22. The third-order valence-electron chi connectivity index (χ3n) is 2.57. The summed E-state index contributed by atoms with van der Waals surface area (Å²) in [5, 5.41) is 6.00. The first-order valence-electron chi connectivity index (χ1n) is 4.97. The number of halogens is 1. The van der Waals surface area contributed by atoms with Gasteiger partial charge in [0.25, 0.3) is 0 Å². The molecule has 1 aliphatic heterocycles. The van der Waals surface area contributed by atoms with Gasteiger partial charge in [-0.1, -0.05) is 12.1 Å². The fraction of sp³-hybridized carbons (Fsp3) is 0.364. The topological polar surface area (TPSA) is 50.4 Å². The normalized spacial score (nSPS) is 13.3. The van der Waals surface area contributed by atoms with E-state index in [1.165, 1.54) is 12.7 Å². The van der Waals surface area contributed by atoms with Crippen molar-refractivity contribution in [3.8, 4) is 0 Å². The summed E-state index contributed by atoms with van der Waals surface area (Å²) in [6.45, 7) is 1.80. The standard InChI is InChI=1S/C11H14N2O2.ClH/c1-15-11(14)13-10-4-2-3-8-5-6-12-7-9(8)10;/h2-4,12H,5-7H2,1H3,(H,13,14);1H. The van der Waals surface area contributed by atoms with E-state index in [0.717, 1.165) is 30.8 Å². The van der Waals surface area contributed by atoms with Crippen LogP contribution in [0.4, 0.5) is 10.5 Å². The third kappa shape index (κ3) is 2.65. The Labute approximate surface area is 101 Å². The minimum Gasteiger partial charge on any atom is -0.453 e. The Balaban J connectivity index is 0.00000128. The summed E-state index contributed by atoms with van der Waals surface area (Å²) in [6.07, 6.45) is 0.584. The second-order valence-corrected chi connectivity index (χ2v) is 3.49. The Bertz CT molecular complexity index is 382. The number of ether oxygens (including phenoxy) is 1. The van der Waals surface area contributed by atoms with Gasteiger partial charge in [-0.05, 0) is 30.2 Å². The summed E-state index contributed by atoms with van der Waals surface area (Å²) in [7, 11) is 1.36. The Morgan fingerprint density at radius 2 is 2.31 bits per heavy atom. The minimum atomic E-state index is -0.422. The maximum absolute atomic E-state index is 11.1. The van der Waals surface area contributed by atoms with E-state index in [1.807, 2.05) is 12.1 Å². The van der Waals surface area contributed by atoms with Crippen LogP contribution in [0.1, 0.15) is 11.1 Å². The van der Waals surface area contributed by atoms with E-state index in [0.29, 0.717) is 0 Å². The molecule has 0 aromatic heterocycles. The van der Waals surface area contributed by atoms with Gasteiger partial charge in [-0.2, -0.15) is 0 Å². The van der Waals surface area contributed by atoms with E-state index in [-0.39, 0.29) is 12.4 Å². The molecule has 1 aliphatic rings. The molecule has 4 nitrogen and oxygen atoms in total. The van der Waals surface area contributed by atoms with E-state index in [1.54, 1.807) is 0 Å². The van der Waals surface area contributed by atoms with Gasteiger partial charge in [0, 0.05) is 12.2 Å². The molecule has 1 aromatic carbocycles. The quantitative estimate of drug-likeness (QED) is 0.791. The lowest BCUT2D eigenvalue weighted by atomic mass is 9.99.